The van der Waals surface area contributed by atoms with Gasteiger partial charge in [-0.2, -0.15) is 0 Å². The van der Waals surface area contributed by atoms with Gasteiger partial charge in [-0.15, -0.1) is 0 Å². The van der Waals surface area contributed by atoms with Gasteiger partial charge in [-0.1, -0.05) is 6.58 Å². The van der Waals surface area contributed by atoms with Crippen molar-refractivity contribution >= 4 is 0 Å². The Kier molecular flexibility index (Phi) is 1.74. The average Bonchev–Trinajstić information content (AvgIpc) is 2.46. The number of rotatable bonds is 1. The maximum absolute atomic E-state index is 3.73. The molecule has 2 rings (SSSR count). The third-order valence-electron chi connectivity index (χ3n) is 2.12. The monoisotopic (exact) mass is 160 g/mol. The van der Waals surface area contributed by atoms with E-state index in [9.17, 15) is 0 Å². The summed E-state index contributed by atoms with van der Waals surface area (Å²) in [7, 11) is 0. The lowest BCUT2D eigenvalue weighted by molar-refractivity contribution is 0.746. The molecule has 1 aromatic heterocycles. The van der Waals surface area contributed by atoms with Gasteiger partial charge in [-0.3, -0.25) is 0 Å². The van der Waals surface area contributed by atoms with Crippen LogP contribution in [-0.4, -0.2) is 4.57 Å². The van der Waals surface area contributed by atoms with Gasteiger partial charge in [0.2, 0.25) is 0 Å². The normalized spacial score (nSPS) is 15.5. The van der Waals surface area contributed by atoms with Crippen LogP contribution in [0.15, 0.2) is 42.8 Å². The summed E-state index contributed by atoms with van der Waals surface area (Å²) in [6.45, 7) is 5.57. The fourth-order valence-electron chi connectivity index (χ4n) is 1.41. The van der Waals surface area contributed by atoms with Crippen molar-refractivity contribution in [3.63, 3.8) is 0 Å². The largest absolute Gasteiger partial charge is 0.380 e. The first kappa shape index (κ1) is 7.22. The Labute approximate surface area is 72.2 Å². The molecule has 12 heavy (non-hydrogen) atoms. The van der Waals surface area contributed by atoms with E-state index in [0.717, 1.165) is 18.8 Å². The molecule has 0 saturated carbocycles. The molecule has 62 valence electrons. The molecule has 1 N–H and O–H groups in total. The van der Waals surface area contributed by atoms with Crippen LogP contribution in [0.2, 0.25) is 0 Å². The number of fused-ring (bicyclic) bond motifs is 1. The van der Waals surface area contributed by atoms with Gasteiger partial charge in [0.15, 0.2) is 0 Å². The zero-order valence-corrected chi connectivity index (χ0v) is 6.96. The smallest absolute Gasteiger partial charge is 0.0553 e. The lowest BCUT2D eigenvalue weighted by Gasteiger charge is -2.02. The minimum Gasteiger partial charge on any atom is -0.380 e. The van der Waals surface area contributed by atoms with Crippen LogP contribution in [0.25, 0.3) is 0 Å². The van der Waals surface area contributed by atoms with Crippen LogP contribution < -0.4 is 5.32 Å². The topological polar surface area (TPSA) is 17.0 Å². The van der Waals surface area contributed by atoms with Crippen molar-refractivity contribution in [3.8, 4) is 0 Å². The highest BCUT2D eigenvalue weighted by Gasteiger charge is 2.03. The highest BCUT2D eigenvalue weighted by Crippen LogP contribution is 2.08. The molecule has 1 aliphatic heterocycles. The Balaban J connectivity index is 2.27. The number of nitrogens with one attached hydrogen (secondary N) is 1. The summed E-state index contributed by atoms with van der Waals surface area (Å²) < 4.78 is 2.23. The zero-order valence-electron chi connectivity index (χ0n) is 6.96. The van der Waals surface area contributed by atoms with Gasteiger partial charge in [0.1, 0.15) is 0 Å². The van der Waals surface area contributed by atoms with Crippen molar-refractivity contribution in [1.29, 1.82) is 0 Å². The van der Waals surface area contributed by atoms with Crippen molar-refractivity contribution in [2.75, 3.05) is 0 Å². The second kappa shape index (κ2) is 2.89. The SMILES string of the molecule is C=CC1=CCn2cccc2CN1. The summed E-state index contributed by atoms with van der Waals surface area (Å²) in [5.41, 5.74) is 2.45. The fraction of sp³-hybridized carbons (Fsp3) is 0.200. The molecule has 2 heteroatoms. The Bertz CT molecular complexity index is 320. The summed E-state index contributed by atoms with van der Waals surface area (Å²) in [6, 6.07) is 4.20. The summed E-state index contributed by atoms with van der Waals surface area (Å²) in [5.74, 6) is 0. The summed E-state index contributed by atoms with van der Waals surface area (Å²) in [6.07, 6.45) is 6.09. The quantitative estimate of drug-likeness (QED) is 0.661. The van der Waals surface area contributed by atoms with E-state index in [4.69, 9.17) is 0 Å². The van der Waals surface area contributed by atoms with E-state index < -0.39 is 0 Å². The first-order valence-corrected chi connectivity index (χ1v) is 4.10. The van der Waals surface area contributed by atoms with E-state index in [1.807, 2.05) is 6.08 Å². The minimum absolute atomic E-state index is 0.894. The van der Waals surface area contributed by atoms with E-state index in [2.05, 4.69) is 40.9 Å². The van der Waals surface area contributed by atoms with E-state index in [1.54, 1.807) is 0 Å². The van der Waals surface area contributed by atoms with Crippen molar-refractivity contribution in [2.45, 2.75) is 13.1 Å². The molecular formula is C10H12N2. The summed E-state index contributed by atoms with van der Waals surface area (Å²) in [5, 5.41) is 3.30. The lowest BCUT2D eigenvalue weighted by atomic mass is 10.4. The molecule has 0 radical (unpaired) electrons. The molecule has 0 fully saturated rings. The Morgan fingerprint density at radius 2 is 2.50 bits per heavy atom. The molecule has 0 atom stereocenters. The van der Waals surface area contributed by atoms with Gasteiger partial charge in [-0.25, -0.2) is 0 Å². The summed E-state index contributed by atoms with van der Waals surface area (Å²) >= 11 is 0. The number of hydrogen-bond donors (Lipinski definition) is 1. The highest BCUT2D eigenvalue weighted by atomic mass is 15.0. The molecule has 1 aliphatic rings. The molecular weight excluding hydrogens is 148 g/mol. The first-order valence-electron chi connectivity index (χ1n) is 4.10. The highest BCUT2D eigenvalue weighted by molar-refractivity contribution is 5.19. The van der Waals surface area contributed by atoms with Gasteiger partial charge in [0.05, 0.1) is 6.54 Å². The van der Waals surface area contributed by atoms with E-state index in [-0.39, 0.29) is 0 Å². The van der Waals surface area contributed by atoms with Gasteiger partial charge < -0.3 is 9.88 Å². The Hall–Kier alpha value is -1.44. The number of allylic oxidation sites excluding steroid dienone is 2. The van der Waals surface area contributed by atoms with Gasteiger partial charge in [0.25, 0.3) is 0 Å². The van der Waals surface area contributed by atoms with Crippen LogP contribution in [0.4, 0.5) is 0 Å². The predicted molar refractivity (Wildman–Crippen MR) is 49.6 cm³/mol. The first-order chi connectivity index (χ1) is 5.90. The van der Waals surface area contributed by atoms with Gasteiger partial charge in [-0.05, 0) is 24.3 Å². The van der Waals surface area contributed by atoms with Crippen molar-refractivity contribution in [1.82, 2.24) is 9.88 Å². The van der Waals surface area contributed by atoms with Gasteiger partial charge in [0, 0.05) is 24.1 Å². The standard InChI is InChI=1S/C10H12N2/c1-2-9-5-7-12-6-3-4-10(12)8-11-9/h2-6,11H,1,7-8H2. The molecule has 0 saturated heterocycles. The molecule has 2 heterocycles. The fourth-order valence-corrected chi connectivity index (χ4v) is 1.41. The second-order valence-electron chi connectivity index (χ2n) is 2.87. The number of nitrogens with zero attached hydrogens (tertiary/aromatic N) is 1. The molecule has 2 nitrogen and oxygen atoms in total. The van der Waals surface area contributed by atoms with Crippen LogP contribution in [-0.2, 0) is 13.1 Å². The third kappa shape index (κ3) is 1.16. The number of hydrogen-bond acceptors (Lipinski definition) is 1. The predicted octanol–water partition coefficient (Wildman–Crippen LogP) is 1.66. The maximum atomic E-state index is 3.73. The van der Waals surface area contributed by atoms with E-state index >= 15 is 0 Å². The van der Waals surface area contributed by atoms with Crippen molar-refractivity contribution in [2.24, 2.45) is 0 Å². The Morgan fingerprint density at radius 1 is 1.58 bits per heavy atom. The van der Waals surface area contributed by atoms with Crippen LogP contribution in [0.1, 0.15) is 5.69 Å². The van der Waals surface area contributed by atoms with Crippen LogP contribution in [0, 0.1) is 0 Å². The summed E-state index contributed by atoms with van der Waals surface area (Å²) in [4.78, 5) is 0. The Morgan fingerprint density at radius 3 is 3.33 bits per heavy atom. The van der Waals surface area contributed by atoms with Crippen LogP contribution in [0.3, 0.4) is 0 Å². The third-order valence-corrected chi connectivity index (χ3v) is 2.12. The van der Waals surface area contributed by atoms with Crippen LogP contribution in [0.5, 0.6) is 0 Å². The molecule has 0 bridgehead atoms. The molecule has 0 aliphatic carbocycles. The van der Waals surface area contributed by atoms with Crippen molar-refractivity contribution in [3.05, 3.63) is 48.5 Å². The minimum atomic E-state index is 0.894. The van der Waals surface area contributed by atoms with Gasteiger partial charge >= 0.3 is 0 Å². The average molecular weight is 160 g/mol. The number of aromatic nitrogens is 1. The molecule has 1 aromatic rings. The molecule has 0 unspecified atom stereocenters. The van der Waals surface area contributed by atoms with Crippen molar-refractivity contribution < 1.29 is 0 Å². The second-order valence-corrected chi connectivity index (χ2v) is 2.87. The molecule has 0 spiro atoms. The van der Waals surface area contributed by atoms with E-state index in [0.29, 0.717) is 0 Å². The molecule has 0 amide bonds. The lowest BCUT2D eigenvalue weighted by Crippen LogP contribution is -2.10. The maximum Gasteiger partial charge on any atom is 0.0553 e. The van der Waals surface area contributed by atoms with E-state index in [1.165, 1.54) is 5.69 Å². The van der Waals surface area contributed by atoms with Crippen LogP contribution >= 0.6 is 0 Å². The molecule has 0 aromatic carbocycles. The zero-order chi connectivity index (χ0) is 8.39.